The van der Waals surface area contributed by atoms with E-state index in [1.807, 2.05) is 62.4 Å². The number of esters is 1. The number of rotatable bonds is 5. The van der Waals surface area contributed by atoms with Crippen molar-refractivity contribution in [3.8, 4) is 0 Å². The van der Waals surface area contributed by atoms with Gasteiger partial charge < -0.3 is 15.0 Å². The number of H-pyrrole nitrogens is 1. The Morgan fingerprint density at radius 1 is 1.08 bits per heavy atom. The smallest absolute Gasteiger partial charge is 0.307 e. The van der Waals surface area contributed by atoms with E-state index in [1.165, 1.54) is 7.11 Å². The van der Waals surface area contributed by atoms with Crippen LogP contribution in [0.15, 0.2) is 48.5 Å². The third-order valence-electron chi connectivity index (χ3n) is 4.58. The molecule has 0 aliphatic heterocycles. The monoisotopic (exact) mass is 350 g/mol. The Labute approximate surface area is 152 Å². The van der Waals surface area contributed by atoms with E-state index in [1.54, 1.807) is 0 Å². The van der Waals surface area contributed by atoms with Gasteiger partial charge in [-0.05, 0) is 36.6 Å². The van der Waals surface area contributed by atoms with Crippen molar-refractivity contribution < 1.29 is 14.3 Å². The van der Waals surface area contributed by atoms with Crippen LogP contribution in [0, 0.1) is 13.8 Å². The Bertz CT molecular complexity index is 959. The van der Waals surface area contributed by atoms with Crippen molar-refractivity contribution in [1.29, 1.82) is 0 Å². The molecule has 26 heavy (non-hydrogen) atoms. The van der Waals surface area contributed by atoms with Gasteiger partial charge in [0.15, 0.2) is 0 Å². The maximum absolute atomic E-state index is 12.8. The van der Waals surface area contributed by atoms with Crippen molar-refractivity contribution in [2.24, 2.45) is 0 Å². The highest BCUT2D eigenvalue weighted by molar-refractivity contribution is 5.99. The molecule has 0 saturated carbocycles. The molecular weight excluding hydrogens is 328 g/mol. The number of para-hydroxylation sites is 1. The second-order valence-electron chi connectivity index (χ2n) is 6.39. The SMILES string of the molecule is COC(=O)C[C@H](NC(=O)c1cc2cccc(C)c2[nH]1)c1ccccc1C. The molecule has 0 aliphatic rings. The van der Waals surface area contributed by atoms with E-state index in [9.17, 15) is 9.59 Å². The molecule has 0 radical (unpaired) electrons. The van der Waals surface area contributed by atoms with Crippen LogP contribution in [-0.2, 0) is 9.53 Å². The number of nitrogens with one attached hydrogen (secondary N) is 2. The molecule has 134 valence electrons. The fourth-order valence-electron chi connectivity index (χ4n) is 3.13. The van der Waals surface area contributed by atoms with Crippen LogP contribution in [0.5, 0.6) is 0 Å². The summed E-state index contributed by atoms with van der Waals surface area (Å²) in [7, 11) is 1.35. The summed E-state index contributed by atoms with van der Waals surface area (Å²) in [5.74, 6) is -0.621. The van der Waals surface area contributed by atoms with E-state index < -0.39 is 6.04 Å². The van der Waals surface area contributed by atoms with E-state index in [-0.39, 0.29) is 18.3 Å². The average molecular weight is 350 g/mol. The maximum Gasteiger partial charge on any atom is 0.307 e. The number of fused-ring (bicyclic) bond motifs is 1. The number of methoxy groups -OCH3 is 1. The van der Waals surface area contributed by atoms with Crippen LogP contribution in [0.4, 0.5) is 0 Å². The van der Waals surface area contributed by atoms with Gasteiger partial charge in [-0.3, -0.25) is 9.59 Å². The predicted molar refractivity (Wildman–Crippen MR) is 101 cm³/mol. The van der Waals surface area contributed by atoms with Crippen molar-refractivity contribution in [2.45, 2.75) is 26.3 Å². The molecule has 5 nitrogen and oxygen atoms in total. The average Bonchev–Trinajstić information content (AvgIpc) is 3.07. The summed E-state index contributed by atoms with van der Waals surface area (Å²) in [6.07, 6.45) is 0.0757. The molecule has 0 bridgehead atoms. The first kappa shape index (κ1) is 17.7. The van der Waals surface area contributed by atoms with Crippen LogP contribution in [0.3, 0.4) is 0 Å². The number of carbonyl (C=O) groups excluding carboxylic acids is 2. The van der Waals surface area contributed by atoms with Crippen molar-refractivity contribution in [1.82, 2.24) is 10.3 Å². The third-order valence-corrected chi connectivity index (χ3v) is 4.58. The molecule has 2 N–H and O–H groups in total. The summed E-state index contributed by atoms with van der Waals surface area (Å²) in [5.41, 5.74) is 4.40. The predicted octanol–water partition coefficient (Wildman–Crippen LogP) is 3.82. The molecule has 0 saturated heterocycles. The van der Waals surface area contributed by atoms with Gasteiger partial charge in [-0.15, -0.1) is 0 Å². The Hall–Kier alpha value is -3.08. The number of amides is 1. The van der Waals surface area contributed by atoms with Gasteiger partial charge in [-0.1, -0.05) is 42.5 Å². The summed E-state index contributed by atoms with van der Waals surface area (Å²) in [6.45, 7) is 3.95. The van der Waals surface area contributed by atoms with Gasteiger partial charge in [0.2, 0.25) is 0 Å². The largest absolute Gasteiger partial charge is 0.469 e. The highest BCUT2D eigenvalue weighted by atomic mass is 16.5. The first-order chi connectivity index (χ1) is 12.5. The van der Waals surface area contributed by atoms with Crippen LogP contribution in [0.1, 0.15) is 39.6 Å². The van der Waals surface area contributed by atoms with Gasteiger partial charge >= 0.3 is 5.97 Å². The number of aryl methyl sites for hydroxylation is 2. The maximum atomic E-state index is 12.8. The number of carbonyl (C=O) groups is 2. The topological polar surface area (TPSA) is 71.2 Å². The molecule has 3 aromatic rings. The van der Waals surface area contributed by atoms with Crippen LogP contribution >= 0.6 is 0 Å². The molecule has 5 heteroatoms. The lowest BCUT2D eigenvalue weighted by Gasteiger charge is -2.19. The molecule has 0 aliphatic carbocycles. The number of hydrogen-bond acceptors (Lipinski definition) is 3. The van der Waals surface area contributed by atoms with E-state index in [4.69, 9.17) is 4.74 Å². The van der Waals surface area contributed by atoms with E-state index in [2.05, 4.69) is 10.3 Å². The lowest BCUT2D eigenvalue weighted by atomic mass is 9.98. The molecule has 0 fully saturated rings. The highest BCUT2D eigenvalue weighted by Crippen LogP contribution is 2.23. The molecule has 1 aromatic heterocycles. The summed E-state index contributed by atoms with van der Waals surface area (Å²) in [5, 5.41) is 3.95. The van der Waals surface area contributed by atoms with Gasteiger partial charge in [0.25, 0.3) is 5.91 Å². The normalized spacial score (nSPS) is 12.0. The minimum absolute atomic E-state index is 0.0757. The minimum atomic E-state index is -0.455. The lowest BCUT2D eigenvalue weighted by molar-refractivity contribution is -0.141. The van der Waals surface area contributed by atoms with Gasteiger partial charge in [0.05, 0.1) is 19.6 Å². The van der Waals surface area contributed by atoms with E-state index in [0.717, 1.165) is 27.6 Å². The number of ether oxygens (including phenoxy) is 1. The fraction of sp³-hybridized carbons (Fsp3) is 0.238. The zero-order chi connectivity index (χ0) is 18.7. The first-order valence-corrected chi connectivity index (χ1v) is 8.51. The summed E-state index contributed by atoms with van der Waals surface area (Å²) >= 11 is 0. The number of aromatic amines is 1. The van der Waals surface area contributed by atoms with Gasteiger partial charge in [-0.2, -0.15) is 0 Å². The zero-order valence-electron chi connectivity index (χ0n) is 15.1. The first-order valence-electron chi connectivity index (χ1n) is 8.51. The van der Waals surface area contributed by atoms with Gasteiger partial charge in [0, 0.05) is 10.9 Å². The molecule has 1 amide bonds. The quantitative estimate of drug-likeness (QED) is 0.687. The van der Waals surface area contributed by atoms with Crippen LogP contribution in [0.2, 0.25) is 0 Å². The number of benzene rings is 2. The molecule has 0 spiro atoms. The van der Waals surface area contributed by atoms with E-state index >= 15 is 0 Å². The summed E-state index contributed by atoms with van der Waals surface area (Å²) in [4.78, 5) is 27.8. The van der Waals surface area contributed by atoms with Crippen molar-refractivity contribution in [3.63, 3.8) is 0 Å². The summed E-state index contributed by atoms with van der Waals surface area (Å²) in [6, 6.07) is 15.0. The molecular formula is C21H22N2O3. The van der Waals surface area contributed by atoms with Crippen LogP contribution in [-0.4, -0.2) is 24.0 Å². The fourth-order valence-corrected chi connectivity index (χ4v) is 3.13. The lowest BCUT2D eigenvalue weighted by Crippen LogP contribution is -2.31. The van der Waals surface area contributed by atoms with Gasteiger partial charge in [0.1, 0.15) is 5.69 Å². The van der Waals surface area contributed by atoms with Gasteiger partial charge in [-0.25, -0.2) is 0 Å². The Morgan fingerprint density at radius 3 is 2.50 bits per heavy atom. The number of aromatic nitrogens is 1. The molecule has 2 aromatic carbocycles. The minimum Gasteiger partial charge on any atom is -0.469 e. The van der Waals surface area contributed by atoms with Crippen molar-refractivity contribution in [3.05, 3.63) is 70.9 Å². The molecule has 1 heterocycles. The Kier molecular flexibility index (Phi) is 5.07. The Balaban J connectivity index is 1.89. The van der Waals surface area contributed by atoms with E-state index in [0.29, 0.717) is 5.69 Å². The highest BCUT2D eigenvalue weighted by Gasteiger charge is 2.22. The second kappa shape index (κ2) is 7.44. The zero-order valence-corrected chi connectivity index (χ0v) is 15.1. The molecule has 0 unspecified atom stereocenters. The van der Waals surface area contributed by atoms with Crippen LogP contribution < -0.4 is 5.32 Å². The second-order valence-corrected chi connectivity index (χ2v) is 6.39. The number of hydrogen-bond donors (Lipinski definition) is 2. The third kappa shape index (κ3) is 3.61. The summed E-state index contributed by atoms with van der Waals surface area (Å²) < 4.78 is 4.80. The van der Waals surface area contributed by atoms with Crippen molar-refractivity contribution >= 4 is 22.8 Å². The standard InChI is InChI=1S/C21H22N2O3/c1-13-7-4-5-10-16(13)17(12-19(24)26-3)23-21(25)18-11-15-9-6-8-14(2)20(15)22-18/h4-11,17,22H,12H2,1-3H3,(H,23,25)/t17-/m0/s1. The van der Waals surface area contributed by atoms with Crippen LogP contribution in [0.25, 0.3) is 10.9 Å². The molecule has 3 rings (SSSR count). The molecule has 1 atom stereocenters. The Morgan fingerprint density at radius 2 is 1.81 bits per heavy atom. The van der Waals surface area contributed by atoms with Crippen molar-refractivity contribution in [2.75, 3.05) is 7.11 Å².